The highest BCUT2D eigenvalue weighted by atomic mass is 19.2. The van der Waals surface area contributed by atoms with Gasteiger partial charge in [0.05, 0.1) is 0 Å². The Balaban J connectivity index is 2.59. The fraction of sp³-hybridized carbons (Fsp3) is 0.500. The molecule has 0 fully saturated rings. The van der Waals surface area contributed by atoms with E-state index >= 15 is 0 Å². The largest absolute Gasteiger partial charge is 0.314 e. The summed E-state index contributed by atoms with van der Waals surface area (Å²) >= 11 is 0. The van der Waals surface area contributed by atoms with Crippen LogP contribution in [0.25, 0.3) is 0 Å². The fourth-order valence-electron chi connectivity index (χ4n) is 2.03. The van der Waals surface area contributed by atoms with E-state index < -0.39 is 11.6 Å². The molecule has 19 heavy (non-hydrogen) atoms. The lowest BCUT2D eigenvalue weighted by atomic mass is 10.0. The Morgan fingerprint density at radius 2 is 2.11 bits per heavy atom. The average Bonchev–Trinajstić information content (AvgIpc) is 2.40. The Hall–Kier alpha value is -1.40. The van der Waals surface area contributed by atoms with Crippen LogP contribution in [0.1, 0.15) is 38.2 Å². The summed E-state index contributed by atoms with van der Waals surface area (Å²) in [5.41, 5.74) is 0.813. The van der Waals surface area contributed by atoms with Gasteiger partial charge in [-0.05, 0) is 49.9 Å². The van der Waals surface area contributed by atoms with Crippen molar-refractivity contribution in [3.8, 4) is 12.3 Å². The maximum absolute atomic E-state index is 13.2. The van der Waals surface area contributed by atoms with E-state index in [1.165, 1.54) is 12.1 Å². The molecule has 1 atom stereocenters. The summed E-state index contributed by atoms with van der Waals surface area (Å²) < 4.78 is 26.0. The molecule has 1 N–H and O–H groups in total. The quantitative estimate of drug-likeness (QED) is 0.558. The van der Waals surface area contributed by atoms with E-state index in [0.29, 0.717) is 6.42 Å². The maximum atomic E-state index is 13.2. The zero-order chi connectivity index (χ0) is 14.1. The molecule has 104 valence electrons. The normalized spacial score (nSPS) is 12.1. The summed E-state index contributed by atoms with van der Waals surface area (Å²) in [5.74, 6) is 1.04. The van der Waals surface area contributed by atoms with Gasteiger partial charge in [0.1, 0.15) is 0 Å². The number of unbranched alkanes of at least 4 members (excludes halogenated alkanes) is 1. The van der Waals surface area contributed by atoms with Crippen molar-refractivity contribution in [1.29, 1.82) is 0 Å². The molecule has 3 heteroatoms. The SMILES string of the molecule is C#CCCCC(Cc1ccc(F)c(F)c1)NCCC. The second-order valence-corrected chi connectivity index (χ2v) is 4.70. The zero-order valence-electron chi connectivity index (χ0n) is 11.4. The number of terminal acetylenes is 1. The molecule has 0 aliphatic heterocycles. The number of hydrogen-bond donors (Lipinski definition) is 1. The van der Waals surface area contributed by atoms with Crippen LogP contribution in [0.4, 0.5) is 8.78 Å². The van der Waals surface area contributed by atoms with Gasteiger partial charge in [-0.3, -0.25) is 0 Å². The van der Waals surface area contributed by atoms with E-state index in [1.807, 2.05) is 0 Å². The molecule has 0 bridgehead atoms. The third-order valence-electron chi connectivity index (χ3n) is 3.02. The van der Waals surface area contributed by atoms with Gasteiger partial charge in [0.25, 0.3) is 0 Å². The minimum atomic E-state index is -0.797. The molecule has 0 aliphatic carbocycles. The lowest BCUT2D eigenvalue weighted by Crippen LogP contribution is -2.31. The van der Waals surface area contributed by atoms with Crippen LogP contribution >= 0.6 is 0 Å². The molecule has 0 saturated heterocycles. The molecular weight excluding hydrogens is 244 g/mol. The highest BCUT2D eigenvalue weighted by molar-refractivity contribution is 5.18. The van der Waals surface area contributed by atoms with E-state index in [-0.39, 0.29) is 6.04 Å². The van der Waals surface area contributed by atoms with Gasteiger partial charge in [-0.2, -0.15) is 0 Å². The Labute approximate surface area is 114 Å². The van der Waals surface area contributed by atoms with Crippen molar-refractivity contribution in [2.24, 2.45) is 0 Å². The number of rotatable bonds is 8. The number of hydrogen-bond acceptors (Lipinski definition) is 1. The van der Waals surface area contributed by atoms with Crippen molar-refractivity contribution in [2.45, 2.75) is 45.1 Å². The zero-order valence-corrected chi connectivity index (χ0v) is 11.4. The number of nitrogens with one attached hydrogen (secondary N) is 1. The average molecular weight is 265 g/mol. The van der Waals surface area contributed by atoms with Crippen LogP contribution in [0, 0.1) is 24.0 Å². The van der Waals surface area contributed by atoms with Crippen molar-refractivity contribution >= 4 is 0 Å². The maximum Gasteiger partial charge on any atom is 0.159 e. The summed E-state index contributed by atoms with van der Waals surface area (Å²) in [6.45, 7) is 3.02. The van der Waals surface area contributed by atoms with Crippen molar-refractivity contribution in [1.82, 2.24) is 5.32 Å². The van der Waals surface area contributed by atoms with Crippen molar-refractivity contribution in [2.75, 3.05) is 6.54 Å². The van der Waals surface area contributed by atoms with Gasteiger partial charge in [0.15, 0.2) is 11.6 Å². The van der Waals surface area contributed by atoms with E-state index in [1.54, 1.807) is 6.07 Å². The van der Waals surface area contributed by atoms with Crippen molar-refractivity contribution in [3.63, 3.8) is 0 Å². The van der Waals surface area contributed by atoms with E-state index in [0.717, 1.165) is 37.8 Å². The summed E-state index contributed by atoms with van der Waals surface area (Å²) in [7, 11) is 0. The van der Waals surface area contributed by atoms with Crippen LogP contribution < -0.4 is 5.32 Å². The predicted molar refractivity (Wildman–Crippen MR) is 74.8 cm³/mol. The molecule has 0 heterocycles. The number of benzene rings is 1. The number of halogens is 2. The Kier molecular flexibility index (Phi) is 7.14. The lowest BCUT2D eigenvalue weighted by molar-refractivity contribution is 0.463. The van der Waals surface area contributed by atoms with Crippen LogP contribution in [0.2, 0.25) is 0 Å². The third kappa shape index (κ3) is 5.85. The van der Waals surface area contributed by atoms with Crippen molar-refractivity contribution < 1.29 is 8.78 Å². The van der Waals surface area contributed by atoms with Gasteiger partial charge < -0.3 is 5.32 Å². The van der Waals surface area contributed by atoms with Gasteiger partial charge in [-0.25, -0.2) is 8.78 Å². The first-order valence-electron chi connectivity index (χ1n) is 6.78. The fourth-order valence-corrected chi connectivity index (χ4v) is 2.03. The van der Waals surface area contributed by atoms with Crippen LogP contribution in [0.3, 0.4) is 0 Å². The minimum absolute atomic E-state index is 0.262. The summed E-state index contributed by atoms with van der Waals surface area (Å²) in [6.07, 6.45) is 9.63. The van der Waals surface area contributed by atoms with Crippen molar-refractivity contribution in [3.05, 3.63) is 35.4 Å². The predicted octanol–water partition coefficient (Wildman–Crippen LogP) is 3.68. The van der Waals surface area contributed by atoms with Gasteiger partial charge in [-0.1, -0.05) is 13.0 Å². The second kappa shape index (κ2) is 8.66. The molecule has 1 aromatic rings. The summed E-state index contributed by atoms with van der Waals surface area (Å²) in [4.78, 5) is 0. The van der Waals surface area contributed by atoms with Gasteiger partial charge in [-0.15, -0.1) is 12.3 Å². The molecule has 0 amide bonds. The Bertz CT molecular complexity index is 423. The molecule has 0 radical (unpaired) electrons. The molecule has 0 aliphatic rings. The van der Waals surface area contributed by atoms with E-state index in [9.17, 15) is 8.78 Å². The molecule has 0 aromatic heterocycles. The smallest absolute Gasteiger partial charge is 0.159 e. The Morgan fingerprint density at radius 3 is 2.74 bits per heavy atom. The molecule has 1 rings (SSSR count). The van der Waals surface area contributed by atoms with Crippen LogP contribution in [0.5, 0.6) is 0 Å². The molecule has 1 aromatic carbocycles. The molecule has 1 nitrogen and oxygen atoms in total. The lowest BCUT2D eigenvalue weighted by Gasteiger charge is -2.18. The van der Waals surface area contributed by atoms with E-state index in [4.69, 9.17) is 6.42 Å². The first-order chi connectivity index (χ1) is 9.17. The van der Waals surface area contributed by atoms with E-state index in [2.05, 4.69) is 18.2 Å². The second-order valence-electron chi connectivity index (χ2n) is 4.70. The monoisotopic (exact) mass is 265 g/mol. The topological polar surface area (TPSA) is 12.0 Å². The highest BCUT2D eigenvalue weighted by Crippen LogP contribution is 2.13. The minimum Gasteiger partial charge on any atom is -0.314 e. The Morgan fingerprint density at radius 1 is 1.32 bits per heavy atom. The van der Waals surface area contributed by atoms with Gasteiger partial charge >= 0.3 is 0 Å². The third-order valence-corrected chi connectivity index (χ3v) is 3.02. The highest BCUT2D eigenvalue weighted by Gasteiger charge is 2.10. The summed E-state index contributed by atoms with van der Waals surface area (Å²) in [5, 5.41) is 3.43. The standard InChI is InChI=1S/C16H21F2N/c1-3-5-6-7-14(19-10-4-2)11-13-8-9-15(17)16(18)12-13/h1,8-9,12,14,19H,4-7,10-11H2,2H3. The first kappa shape index (κ1) is 15.7. The molecular formula is C16H21F2N. The van der Waals surface area contributed by atoms with Crippen LogP contribution in [-0.4, -0.2) is 12.6 Å². The van der Waals surface area contributed by atoms with Crippen LogP contribution in [-0.2, 0) is 6.42 Å². The van der Waals surface area contributed by atoms with Gasteiger partial charge in [0, 0.05) is 12.5 Å². The molecule has 1 unspecified atom stereocenters. The summed E-state index contributed by atoms with van der Waals surface area (Å²) in [6, 6.07) is 4.36. The molecule has 0 saturated carbocycles. The first-order valence-corrected chi connectivity index (χ1v) is 6.78. The molecule has 0 spiro atoms. The van der Waals surface area contributed by atoms with Gasteiger partial charge in [0.2, 0.25) is 0 Å². The van der Waals surface area contributed by atoms with Crippen LogP contribution in [0.15, 0.2) is 18.2 Å².